The summed E-state index contributed by atoms with van der Waals surface area (Å²) in [7, 11) is 0. The minimum absolute atomic E-state index is 0.354. The molecule has 3 N–H and O–H groups in total. The van der Waals surface area contributed by atoms with E-state index in [0.717, 1.165) is 16.5 Å². The van der Waals surface area contributed by atoms with Gasteiger partial charge in [-0.25, -0.2) is 15.4 Å². The highest BCUT2D eigenvalue weighted by Crippen LogP contribution is 2.27. The van der Waals surface area contributed by atoms with Crippen LogP contribution in [-0.2, 0) is 0 Å². The molecule has 0 saturated carbocycles. The number of rotatable bonds is 3. The third-order valence-electron chi connectivity index (χ3n) is 3.06. The highest BCUT2D eigenvalue weighted by atomic mass is 16.3. The molecule has 2 aromatic heterocycles. The van der Waals surface area contributed by atoms with E-state index in [2.05, 4.69) is 15.4 Å². The molecule has 1 unspecified atom stereocenters. The van der Waals surface area contributed by atoms with Gasteiger partial charge in [0.15, 0.2) is 5.82 Å². The molecular weight excluding hydrogens is 240 g/mol. The lowest BCUT2D eigenvalue weighted by molar-refractivity contribution is 0.463. The van der Waals surface area contributed by atoms with Gasteiger partial charge in [-0.3, -0.25) is 5.84 Å². The number of hydrogen-bond donors (Lipinski definition) is 2. The Labute approximate surface area is 110 Å². The first-order chi connectivity index (χ1) is 9.29. The molecule has 5 nitrogen and oxygen atoms in total. The molecule has 0 saturated heterocycles. The number of nitrogens with two attached hydrogens (primary N) is 1. The number of fused-ring (bicyclic) bond motifs is 1. The Hall–Kier alpha value is -2.24. The fourth-order valence-electron chi connectivity index (χ4n) is 2.11. The van der Waals surface area contributed by atoms with Gasteiger partial charge in [-0.05, 0) is 24.6 Å². The van der Waals surface area contributed by atoms with Crippen LogP contribution in [0.25, 0.3) is 11.0 Å². The van der Waals surface area contributed by atoms with Crippen molar-refractivity contribution in [2.45, 2.75) is 13.0 Å². The summed E-state index contributed by atoms with van der Waals surface area (Å²) < 4.78 is 5.88. The molecule has 0 aliphatic rings. The molecule has 2 heterocycles. The first kappa shape index (κ1) is 11.8. The van der Waals surface area contributed by atoms with Crippen LogP contribution in [0.3, 0.4) is 0 Å². The fourth-order valence-corrected chi connectivity index (χ4v) is 2.11. The maximum Gasteiger partial charge on any atom is 0.154 e. The van der Waals surface area contributed by atoms with Crippen molar-refractivity contribution in [1.29, 1.82) is 0 Å². The quantitative estimate of drug-likeness (QED) is 0.552. The molecule has 0 spiro atoms. The SMILES string of the molecule is Cc1cccc2cc(C(NN)c3ncccn3)oc12. The third kappa shape index (κ3) is 2.09. The number of nitrogens with one attached hydrogen (secondary N) is 1. The van der Waals surface area contributed by atoms with Crippen LogP contribution in [0, 0.1) is 6.92 Å². The summed E-state index contributed by atoms with van der Waals surface area (Å²) >= 11 is 0. The molecule has 0 bridgehead atoms. The molecule has 3 aromatic rings. The summed E-state index contributed by atoms with van der Waals surface area (Å²) in [6.07, 6.45) is 3.36. The van der Waals surface area contributed by atoms with Crippen molar-refractivity contribution in [2.24, 2.45) is 5.84 Å². The summed E-state index contributed by atoms with van der Waals surface area (Å²) in [6, 6.07) is 9.39. The lowest BCUT2D eigenvalue weighted by atomic mass is 10.1. The molecule has 0 radical (unpaired) electrons. The molecule has 3 rings (SSSR count). The number of aryl methyl sites for hydroxylation is 1. The lowest BCUT2D eigenvalue weighted by Crippen LogP contribution is -2.29. The van der Waals surface area contributed by atoms with Crippen LogP contribution >= 0.6 is 0 Å². The van der Waals surface area contributed by atoms with Crippen LogP contribution < -0.4 is 11.3 Å². The molecule has 0 fully saturated rings. The zero-order valence-corrected chi connectivity index (χ0v) is 10.5. The van der Waals surface area contributed by atoms with Crippen molar-refractivity contribution >= 4 is 11.0 Å². The Morgan fingerprint density at radius 3 is 2.68 bits per heavy atom. The number of aromatic nitrogens is 2. The van der Waals surface area contributed by atoms with E-state index >= 15 is 0 Å². The van der Waals surface area contributed by atoms with Gasteiger partial charge in [-0.15, -0.1) is 0 Å². The van der Waals surface area contributed by atoms with Crippen molar-refractivity contribution < 1.29 is 4.42 Å². The Kier molecular flexibility index (Phi) is 2.98. The third-order valence-corrected chi connectivity index (χ3v) is 3.06. The summed E-state index contributed by atoms with van der Waals surface area (Å²) in [5, 5.41) is 1.05. The second kappa shape index (κ2) is 4.79. The molecule has 0 aliphatic carbocycles. The van der Waals surface area contributed by atoms with Gasteiger partial charge in [0.2, 0.25) is 0 Å². The zero-order chi connectivity index (χ0) is 13.2. The summed E-state index contributed by atoms with van der Waals surface area (Å²) in [6.45, 7) is 2.01. The Morgan fingerprint density at radius 1 is 1.21 bits per heavy atom. The first-order valence-electron chi connectivity index (χ1n) is 6.01. The van der Waals surface area contributed by atoms with E-state index in [1.54, 1.807) is 18.5 Å². The molecule has 1 atom stereocenters. The Bertz CT molecular complexity index is 693. The molecular formula is C14H14N4O. The summed E-state index contributed by atoms with van der Waals surface area (Å²) in [5.41, 5.74) is 4.66. The van der Waals surface area contributed by atoms with Gasteiger partial charge in [-0.2, -0.15) is 0 Å². The maximum atomic E-state index is 5.88. The van der Waals surface area contributed by atoms with E-state index in [-0.39, 0.29) is 6.04 Å². The summed E-state index contributed by atoms with van der Waals surface area (Å²) in [5.74, 6) is 6.90. The molecule has 0 amide bonds. The van der Waals surface area contributed by atoms with Gasteiger partial charge in [0, 0.05) is 17.8 Å². The van der Waals surface area contributed by atoms with Crippen LogP contribution in [0.5, 0.6) is 0 Å². The van der Waals surface area contributed by atoms with Crippen molar-refractivity contribution in [3.8, 4) is 0 Å². The Balaban J connectivity index is 2.09. The van der Waals surface area contributed by atoms with Crippen molar-refractivity contribution in [1.82, 2.24) is 15.4 Å². The van der Waals surface area contributed by atoms with Gasteiger partial charge in [0.25, 0.3) is 0 Å². The predicted molar refractivity (Wildman–Crippen MR) is 72.1 cm³/mol. The second-order valence-corrected chi connectivity index (χ2v) is 4.35. The molecule has 5 heteroatoms. The first-order valence-corrected chi connectivity index (χ1v) is 6.01. The average Bonchev–Trinajstić information content (AvgIpc) is 2.86. The summed E-state index contributed by atoms with van der Waals surface area (Å²) in [4.78, 5) is 8.41. The number of hydrogen-bond acceptors (Lipinski definition) is 5. The second-order valence-electron chi connectivity index (χ2n) is 4.35. The average molecular weight is 254 g/mol. The number of para-hydroxylation sites is 1. The maximum absolute atomic E-state index is 5.88. The number of nitrogens with zero attached hydrogens (tertiary/aromatic N) is 2. The van der Waals surface area contributed by atoms with Gasteiger partial charge in [0.05, 0.1) is 0 Å². The van der Waals surface area contributed by atoms with E-state index in [1.807, 2.05) is 31.2 Å². The van der Waals surface area contributed by atoms with Crippen LogP contribution in [0.2, 0.25) is 0 Å². The molecule has 19 heavy (non-hydrogen) atoms. The lowest BCUT2D eigenvalue weighted by Gasteiger charge is -2.10. The number of furan rings is 1. The molecule has 1 aromatic carbocycles. The highest BCUT2D eigenvalue weighted by molar-refractivity contribution is 5.81. The standard InChI is InChI=1S/C14H14N4O/c1-9-4-2-5-10-8-11(19-13(9)10)12(18-15)14-16-6-3-7-17-14/h2-8,12,18H,15H2,1H3. The predicted octanol–water partition coefficient (Wildman–Crippen LogP) is 2.08. The zero-order valence-electron chi connectivity index (χ0n) is 10.5. The monoisotopic (exact) mass is 254 g/mol. The van der Waals surface area contributed by atoms with Crippen LogP contribution in [0.15, 0.2) is 47.1 Å². The van der Waals surface area contributed by atoms with Crippen LogP contribution in [0.4, 0.5) is 0 Å². The largest absolute Gasteiger partial charge is 0.459 e. The van der Waals surface area contributed by atoms with Gasteiger partial charge in [-0.1, -0.05) is 18.2 Å². The normalized spacial score (nSPS) is 12.7. The number of benzene rings is 1. The van der Waals surface area contributed by atoms with E-state index in [4.69, 9.17) is 10.3 Å². The highest BCUT2D eigenvalue weighted by Gasteiger charge is 2.19. The Morgan fingerprint density at radius 2 is 2.00 bits per heavy atom. The van der Waals surface area contributed by atoms with Gasteiger partial charge >= 0.3 is 0 Å². The van der Waals surface area contributed by atoms with Crippen molar-refractivity contribution in [3.05, 3.63) is 59.9 Å². The van der Waals surface area contributed by atoms with E-state index in [1.165, 1.54) is 0 Å². The van der Waals surface area contributed by atoms with Crippen molar-refractivity contribution in [3.63, 3.8) is 0 Å². The van der Waals surface area contributed by atoms with Crippen LogP contribution in [-0.4, -0.2) is 9.97 Å². The molecule has 0 aliphatic heterocycles. The van der Waals surface area contributed by atoms with Gasteiger partial charge in [0.1, 0.15) is 17.4 Å². The van der Waals surface area contributed by atoms with Crippen molar-refractivity contribution in [2.75, 3.05) is 0 Å². The van der Waals surface area contributed by atoms with Crippen LogP contribution in [0.1, 0.15) is 23.2 Å². The topological polar surface area (TPSA) is 77.0 Å². The fraction of sp³-hybridized carbons (Fsp3) is 0.143. The van der Waals surface area contributed by atoms with Gasteiger partial charge < -0.3 is 4.42 Å². The number of hydrazine groups is 1. The van der Waals surface area contributed by atoms with E-state index in [9.17, 15) is 0 Å². The van der Waals surface area contributed by atoms with E-state index < -0.39 is 0 Å². The van der Waals surface area contributed by atoms with E-state index in [0.29, 0.717) is 11.6 Å². The minimum Gasteiger partial charge on any atom is -0.459 e. The molecule has 96 valence electrons. The minimum atomic E-state index is -0.354. The smallest absolute Gasteiger partial charge is 0.154 e.